The van der Waals surface area contributed by atoms with Gasteiger partial charge in [-0.2, -0.15) is 0 Å². The van der Waals surface area contributed by atoms with E-state index < -0.39 is 5.54 Å². The van der Waals surface area contributed by atoms with Gasteiger partial charge in [0.15, 0.2) is 0 Å². The molecule has 0 aromatic heterocycles. The molecule has 0 aromatic rings. The van der Waals surface area contributed by atoms with Gasteiger partial charge in [-0.3, -0.25) is 4.79 Å². The largest absolute Gasteiger partial charge is 0.465 e. The first-order chi connectivity index (χ1) is 9.53. The molecule has 1 N–H and O–H groups in total. The lowest BCUT2D eigenvalue weighted by Gasteiger charge is -2.34. The summed E-state index contributed by atoms with van der Waals surface area (Å²) in [6.45, 7) is 9.55. The van der Waals surface area contributed by atoms with Gasteiger partial charge in [-0.25, -0.2) is 0 Å². The molecular weight excluding hydrogens is 256 g/mol. The Hall–Kier alpha value is -0.650. The highest BCUT2D eigenvalue weighted by atomic mass is 16.5. The summed E-state index contributed by atoms with van der Waals surface area (Å²) in [5.41, 5.74) is -0.593. The minimum atomic E-state index is -0.593. The zero-order valence-corrected chi connectivity index (χ0v) is 13.4. The Morgan fingerprint density at radius 1 is 1.40 bits per heavy atom. The molecule has 1 rings (SSSR count). The summed E-state index contributed by atoms with van der Waals surface area (Å²) in [6, 6.07) is 0.567. The Kier molecular flexibility index (Phi) is 7.48. The van der Waals surface area contributed by atoms with Crippen LogP contribution in [0.3, 0.4) is 0 Å². The van der Waals surface area contributed by atoms with E-state index in [1.54, 1.807) is 0 Å². The normalized spacial score (nSPS) is 19.9. The van der Waals surface area contributed by atoms with Gasteiger partial charge in [0.2, 0.25) is 0 Å². The third kappa shape index (κ3) is 5.04. The number of nitrogens with one attached hydrogen (secondary N) is 1. The molecule has 0 aliphatic carbocycles. The average Bonchev–Trinajstić information content (AvgIpc) is 2.46. The van der Waals surface area contributed by atoms with Gasteiger partial charge in [-0.15, -0.1) is 0 Å². The van der Waals surface area contributed by atoms with E-state index in [2.05, 4.69) is 17.3 Å². The Morgan fingerprint density at radius 3 is 2.60 bits per heavy atom. The Bertz CT molecular complexity index is 293. The Labute approximate surface area is 123 Å². The van der Waals surface area contributed by atoms with Crippen LogP contribution >= 0.6 is 0 Å². The standard InChI is InChI=1S/C15H30N2O3/c1-5-16-15(3,14(18)20-6-2)9-10-17(4)13-7-11-19-12-8-13/h13,16H,5-12H2,1-4H3. The number of esters is 1. The molecule has 1 heterocycles. The fraction of sp³-hybridized carbons (Fsp3) is 0.933. The molecule has 118 valence electrons. The predicted octanol–water partition coefficient (Wildman–Crippen LogP) is 1.42. The van der Waals surface area contributed by atoms with Crippen LogP contribution in [0.25, 0.3) is 0 Å². The molecule has 5 heteroatoms. The van der Waals surface area contributed by atoms with Crippen molar-refractivity contribution in [3.05, 3.63) is 0 Å². The van der Waals surface area contributed by atoms with E-state index in [9.17, 15) is 4.79 Å². The summed E-state index contributed by atoms with van der Waals surface area (Å²) in [5.74, 6) is -0.151. The molecule has 1 aliphatic rings. The van der Waals surface area contributed by atoms with Gasteiger partial charge in [-0.05, 0) is 46.7 Å². The SMILES string of the molecule is CCNC(C)(CCN(C)C1CCOCC1)C(=O)OCC. The third-order valence-corrected chi connectivity index (χ3v) is 4.07. The second-order valence-corrected chi connectivity index (χ2v) is 5.66. The number of likely N-dealkylation sites (N-methyl/N-ethyl adjacent to an activating group) is 1. The maximum atomic E-state index is 12.1. The molecule has 0 bridgehead atoms. The Morgan fingerprint density at radius 2 is 2.05 bits per heavy atom. The molecule has 0 saturated carbocycles. The average molecular weight is 286 g/mol. The summed E-state index contributed by atoms with van der Waals surface area (Å²) in [7, 11) is 2.13. The van der Waals surface area contributed by atoms with Crippen LogP contribution in [0.15, 0.2) is 0 Å². The van der Waals surface area contributed by atoms with Crippen LogP contribution < -0.4 is 5.32 Å². The van der Waals surface area contributed by atoms with Crippen LogP contribution in [0.2, 0.25) is 0 Å². The van der Waals surface area contributed by atoms with Crippen LogP contribution in [0.1, 0.15) is 40.0 Å². The molecule has 5 nitrogen and oxygen atoms in total. The smallest absolute Gasteiger partial charge is 0.326 e. The van der Waals surface area contributed by atoms with Crippen molar-refractivity contribution in [1.29, 1.82) is 0 Å². The number of carbonyl (C=O) groups excluding carboxylic acids is 1. The highest BCUT2D eigenvalue weighted by Gasteiger charge is 2.34. The van der Waals surface area contributed by atoms with Crippen molar-refractivity contribution < 1.29 is 14.3 Å². The van der Waals surface area contributed by atoms with Gasteiger partial charge in [0, 0.05) is 25.8 Å². The van der Waals surface area contributed by atoms with Crippen LogP contribution in [0, 0.1) is 0 Å². The minimum Gasteiger partial charge on any atom is -0.465 e. The highest BCUT2D eigenvalue weighted by Crippen LogP contribution is 2.17. The molecular formula is C15H30N2O3. The number of ether oxygens (including phenoxy) is 2. The van der Waals surface area contributed by atoms with E-state index in [1.165, 1.54) is 0 Å². The molecule has 0 spiro atoms. The van der Waals surface area contributed by atoms with Gasteiger partial charge in [-0.1, -0.05) is 6.92 Å². The maximum Gasteiger partial charge on any atom is 0.326 e. The topological polar surface area (TPSA) is 50.8 Å². The lowest BCUT2D eigenvalue weighted by molar-refractivity contribution is -0.151. The zero-order valence-electron chi connectivity index (χ0n) is 13.4. The van der Waals surface area contributed by atoms with Crippen molar-refractivity contribution >= 4 is 5.97 Å². The zero-order chi connectivity index (χ0) is 15.0. The monoisotopic (exact) mass is 286 g/mol. The van der Waals surface area contributed by atoms with E-state index in [-0.39, 0.29) is 5.97 Å². The third-order valence-electron chi connectivity index (χ3n) is 4.07. The number of hydrogen-bond donors (Lipinski definition) is 1. The fourth-order valence-corrected chi connectivity index (χ4v) is 2.65. The number of rotatable bonds is 8. The molecule has 20 heavy (non-hydrogen) atoms. The molecule has 1 aliphatic heterocycles. The predicted molar refractivity (Wildman–Crippen MR) is 79.8 cm³/mol. The fourth-order valence-electron chi connectivity index (χ4n) is 2.65. The van der Waals surface area contributed by atoms with Crippen molar-refractivity contribution in [1.82, 2.24) is 10.2 Å². The summed E-state index contributed by atoms with van der Waals surface area (Å²) < 4.78 is 10.6. The van der Waals surface area contributed by atoms with Crippen molar-refractivity contribution in [2.24, 2.45) is 0 Å². The van der Waals surface area contributed by atoms with Crippen molar-refractivity contribution in [3.8, 4) is 0 Å². The molecule has 0 aromatic carbocycles. The maximum absolute atomic E-state index is 12.1. The number of hydrogen-bond acceptors (Lipinski definition) is 5. The lowest BCUT2D eigenvalue weighted by atomic mass is 9.96. The number of carbonyl (C=O) groups is 1. The van der Waals surface area contributed by atoms with Crippen LogP contribution in [-0.4, -0.2) is 62.4 Å². The van der Waals surface area contributed by atoms with Gasteiger partial charge >= 0.3 is 5.97 Å². The summed E-state index contributed by atoms with van der Waals surface area (Å²) in [5, 5.41) is 3.28. The molecule has 0 amide bonds. The van der Waals surface area contributed by atoms with E-state index in [4.69, 9.17) is 9.47 Å². The van der Waals surface area contributed by atoms with Crippen molar-refractivity contribution in [2.75, 3.05) is 40.0 Å². The molecule has 0 radical (unpaired) electrons. The second kappa shape index (κ2) is 8.60. The van der Waals surface area contributed by atoms with Gasteiger partial charge in [0.25, 0.3) is 0 Å². The van der Waals surface area contributed by atoms with E-state index in [1.807, 2.05) is 20.8 Å². The van der Waals surface area contributed by atoms with Crippen LogP contribution in [-0.2, 0) is 14.3 Å². The highest BCUT2D eigenvalue weighted by molar-refractivity contribution is 5.80. The first-order valence-corrected chi connectivity index (χ1v) is 7.73. The Balaban J connectivity index is 2.50. The first-order valence-electron chi connectivity index (χ1n) is 7.73. The molecule has 1 unspecified atom stereocenters. The quantitative estimate of drug-likeness (QED) is 0.684. The van der Waals surface area contributed by atoms with E-state index in [0.717, 1.165) is 45.6 Å². The molecule has 1 fully saturated rings. The molecule has 1 saturated heterocycles. The second-order valence-electron chi connectivity index (χ2n) is 5.66. The van der Waals surface area contributed by atoms with Crippen molar-refractivity contribution in [3.63, 3.8) is 0 Å². The van der Waals surface area contributed by atoms with Gasteiger partial charge in [0.1, 0.15) is 5.54 Å². The summed E-state index contributed by atoms with van der Waals surface area (Å²) >= 11 is 0. The number of nitrogens with zero attached hydrogens (tertiary/aromatic N) is 1. The van der Waals surface area contributed by atoms with Crippen LogP contribution in [0.5, 0.6) is 0 Å². The van der Waals surface area contributed by atoms with Gasteiger partial charge in [0.05, 0.1) is 6.61 Å². The summed E-state index contributed by atoms with van der Waals surface area (Å²) in [4.78, 5) is 14.5. The van der Waals surface area contributed by atoms with Gasteiger partial charge < -0.3 is 19.7 Å². The van der Waals surface area contributed by atoms with E-state index >= 15 is 0 Å². The lowest BCUT2D eigenvalue weighted by Crippen LogP contribution is -2.52. The van der Waals surface area contributed by atoms with Crippen molar-refractivity contribution in [2.45, 2.75) is 51.6 Å². The van der Waals surface area contributed by atoms with Crippen LogP contribution in [0.4, 0.5) is 0 Å². The molecule has 1 atom stereocenters. The van der Waals surface area contributed by atoms with E-state index in [0.29, 0.717) is 12.6 Å². The summed E-state index contributed by atoms with van der Waals surface area (Å²) in [6.07, 6.45) is 2.91. The first kappa shape index (κ1) is 17.4. The minimum absolute atomic E-state index is 0.151.